The van der Waals surface area contributed by atoms with Crippen LogP contribution in [0.4, 0.5) is 0 Å². The van der Waals surface area contributed by atoms with Crippen molar-refractivity contribution in [1.29, 1.82) is 0 Å². The molecule has 0 spiro atoms. The first kappa shape index (κ1) is 17.1. The highest BCUT2D eigenvalue weighted by atomic mass is 28.4. The molecular formula is C13H30O3Si. The van der Waals surface area contributed by atoms with Crippen molar-refractivity contribution in [2.45, 2.75) is 65.8 Å². The molecule has 0 rings (SSSR count). The SMILES string of the molecule is CCCCCCC[Si](OCC)(OCC)OCC. The van der Waals surface area contributed by atoms with Gasteiger partial charge in [0.25, 0.3) is 0 Å². The summed E-state index contributed by atoms with van der Waals surface area (Å²) in [7, 11) is -2.36. The third kappa shape index (κ3) is 7.92. The highest BCUT2D eigenvalue weighted by molar-refractivity contribution is 6.60. The fourth-order valence-corrected chi connectivity index (χ4v) is 4.63. The Hall–Kier alpha value is 0.0969. The van der Waals surface area contributed by atoms with E-state index in [1.165, 1.54) is 25.7 Å². The van der Waals surface area contributed by atoms with Gasteiger partial charge in [-0.15, -0.1) is 0 Å². The van der Waals surface area contributed by atoms with Crippen LogP contribution >= 0.6 is 0 Å². The average Bonchev–Trinajstić information content (AvgIpc) is 2.30. The summed E-state index contributed by atoms with van der Waals surface area (Å²) >= 11 is 0. The van der Waals surface area contributed by atoms with E-state index in [9.17, 15) is 0 Å². The van der Waals surface area contributed by atoms with Gasteiger partial charge in [-0.1, -0.05) is 32.6 Å². The summed E-state index contributed by atoms with van der Waals surface area (Å²) in [6.07, 6.45) is 6.34. The van der Waals surface area contributed by atoms with Gasteiger partial charge in [0.15, 0.2) is 0 Å². The zero-order valence-corrected chi connectivity index (χ0v) is 13.1. The van der Waals surface area contributed by atoms with Crippen LogP contribution in [0.25, 0.3) is 0 Å². The van der Waals surface area contributed by atoms with Crippen LogP contribution in [-0.2, 0) is 13.3 Å². The van der Waals surface area contributed by atoms with Crippen LogP contribution in [0.5, 0.6) is 0 Å². The molecule has 0 aliphatic heterocycles. The number of hydrogen-bond acceptors (Lipinski definition) is 3. The Morgan fingerprint density at radius 1 is 0.647 bits per heavy atom. The normalized spacial score (nSPS) is 12.0. The standard InChI is InChI=1S/C13H30O3Si/c1-5-9-10-11-12-13-17(14-6-2,15-7-3)16-8-4/h5-13H2,1-4H3. The van der Waals surface area contributed by atoms with Gasteiger partial charge < -0.3 is 13.3 Å². The lowest BCUT2D eigenvalue weighted by Gasteiger charge is -2.28. The minimum Gasteiger partial charge on any atom is -0.374 e. The average molecular weight is 262 g/mol. The molecule has 0 amide bonds. The number of hydrogen-bond donors (Lipinski definition) is 0. The van der Waals surface area contributed by atoms with Crippen LogP contribution in [0.15, 0.2) is 0 Å². The lowest BCUT2D eigenvalue weighted by Crippen LogP contribution is -2.45. The third-order valence-electron chi connectivity index (χ3n) is 2.68. The van der Waals surface area contributed by atoms with Gasteiger partial charge in [0.1, 0.15) is 0 Å². The third-order valence-corrected chi connectivity index (χ3v) is 5.83. The molecule has 0 fully saturated rings. The highest BCUT2D eigenvalue weighted by Gasteiger charge is 2.39. The summed E-state index contributed by atoms with van der Waals surface area (Å²) in [6.45, 7) is 10.3. The van der Waals surface area contributed by atoms with Crippen LogP contribution in [-0.4, -0.2) is 28.6 Å². The van der Waals surface area contributed by atoms with E-state index in [-0.39, 0.29) is 0 Å². The molecule has 0 aliphatic carbocycles. The molecule has 4 heteroatoms. The number of unbranched alkanes of at least 4 members (excludes halogenated alkanes) is 4. The van der Waals surface area contributed by atoms with E-state index in [1.54, 1.807) is 0 Å². The Morgan fingerprint density at radius 3 is 1.53 bits per heavy atom. The molecule has 0 aromatic rings. The molecule has 17 heavy (non-hydrogen) atoms. The van der Waals surface area contributed by atoms with Crippen LogP contribution in [0.1, 0.15) is 59.8 Å². The maximum absolute atomic E-state index is 5.81. The molecule has 0 aliphatic rings. The molecule has 0 heterocycles. The van der Waals surface area contributed by atoms with Crippen LogP contribution in [0, 0.1) is 0 Å². The minimum atomic E-state index is -2.36. The van der Waals surface area contributed by atoms with E-state index in [4.69, 9.17) is 13.3 Å². The molecule has 0 unspecified atom stereocenters. The summed E-state index contributed by atoms with van der Waals surface area (Å²) in [6, 6.07) is 0.965. The molecule has 0 aromatic heterocycles. The molecule has 0 N–H and O–H groups in total. The second kappa shape index (κ2) is 11.2. The van der Waals surface area contributed by atoms with Crippen molar-refractivity contribution in [2.75, 3.05) is 19.8 Å². The molecule has 3 nitrogen and oxygen atoms in total. The topological polar surface area (TPSA) is 27.7 Å². The lowest BCUT2D eigenvalue weighted by molar-refractivity contribution is 0.0706. The Labute approximate surface area is 108 Å². The zero-order chi connectivity index (χ0) is 13.0. The molecule has 104 valence electrons. The Morgan fingerprint density at radius 2 is 1.12 bits per heavy atom. The fourth-order valence-electron chi connectivity index (χ4n) is 1.95. The van der Waals surface area contributed by atoms with Gasteiger partial charge >= 0.3 is 8.80 Å². The largest absolute Gasteiger partial charge is 0.500 e. The monoisotopic (exact) mass is 262 g/mol. The summed E-state index contributed by atoms with van der Waals surface area (Å²) in [4.78, 5) is 0. The van der Waals surface area contributed by atoms with Gasteiger partial charge in [-0.25, -0.2) is 0 Å². The zero-order valence-electron chi connectivity index (χ0n) is 12.1. The van der Waals surface area contributed by atoms with E-state index >= 15 is 0 Å². The Balaban J connectivity index is 4.05. The second-order valence-corrected chi connectivity index (χ2v) is 6.88. The molecule has 0 aromatic carbocycles. The van der Waals surface area contributed by atoms with Gasteiger partial charge in [-0.05, 0) is 27.2 Å². The quantitative estimate of drug-likeness (QED) is 0.393. The van der Waals surface area contributed by atoms with E-state index in [1.807, 2.05) is 20.8 Å². The minimum absolute atomic E-state index is 0.682. The van der Waals surface area contributed by atoms with Crippen molar-refractivity contribution >= 4 is 8.80 Å². The van der Waals surface area contributed by atoms with E-state index in [0.29, 0.717) is 19.8 Å². The van der Waals surface area contributed by atoms with Crippen molar-refractivity contribution < 1.29 is 13.3 Å². The molecule has 0 atom stereocenters. The fraction of sp³-hybridized carbons (Fsp3) is 1.00. The van der Waals surface area contributed by atoms with Crippen molar-refractivity contribution in [1.82, 2.24) is 0 Å². The van der Waals surface area contributed by atoms with E-state index in [0.717, 1.165) is 12.5 Å². The lowest BCUT2D eigenvalue weighted by atomic mass is 10.2. The summed E-state index contributed by atoms with van der Waals surface area (Å²) in [5, 5.41) is 0. The van der Waals surface area contributed by atoms with Gasteiger partial charge in [0.05, 0.1) is 0 Å². The van der Waals surface area contributed by atoms with Gasteiger partial charge in [-0.3, -0.25) is 0 Å². The first-order chi connectivity index (χ1) is 8.24. The van der Waals surface area contributed by atoms with E-state index in [2.05, 4.69) is 6.92 Å². The highest BCUT2D eigenvalue weighted by Crippen LogP contribution is 2.20. The molecule has 0 saturated heterocycles. The smallest absolute Gasteiger partial charge is 0.374 e. The first-order valence-corrected chi connectivity index (χ1v) is 9.09. The number of rotatable bonds is 12. The Bertz CT molecular complexity index is 148. The molecular weight excluding hydrogens is 232 g/mol. The summed E-state index contributed by atoms with van der Waals surface area (Å²) < 4.78 is 17.4. The maximum Gasteiger partial charge on any atom is 0.500 e. The van der Waals surface area contributed by atoms with Crippen LogP contribution in [0.2, 0.25) is 6.04 Å². The summed E-state index contributed by atoms with van der Waals surface area (Å²) in [5.41, 5.74) is 0. The molecule has 0 radical (unpaired) electrons. The van der Waals surface area contributed by atoms with Crippen molar-refractivity contribution in [3.63, 3.8) is 0 Å². The summed E-state index contributed by atoms with van der Waals surface area (Å²) in [5.74, 6) is 0. The maximum atomic E-state index is 5.81. The van der Waals surface area contributed by atoms with Gasteiger partial charge in [0.2, 0.25) is 0 Å². The second-order valence-electron chi connectivity index (χ2n) is 4.15. The van der Waals surface area contributed by atoms with Crippen molar-refractivity contribution in [3.8, 4) is 0 Å². The van der Waals surface area contributed by atoms with Gasteiger partial charge in [-0.2, -0.15) is 0 Å². The predicted octanol–water partition coefficient (Wildman–Crippen LogP) is 4.01. The Kier molecular flexibility index (Phi) is 11.3. The van der Waals surface area contributed by atoms with Crippen LogP contribution < -0.4 is 0 Å². The van der Waals surface area contributed by atoms with Crippen LogP contribution in [0.3, 0.4) is 0 Å². The van der Waals surface area contributed by atoms with E-state index < -0.39 is 8.80 Å². The molecule has 0 bridgehead atoms. The predicted molar refractivity (Wildman–Crippen MR) is 74.2 cm³/mol. The van der Waals surface area contributed by atoms with Crippen molar-refractivity contribution in [2.24, 2.45) is 0 Å². The van der Waals surface area contributed by atoms with Crippen molar-refractivity contribution in [3.05, 3.63) is 0 Å². The molecule has 0 saturated carbocycles. The first-order valence-electron chi connectivity index (χ1n) is 7.16. The van der Waals surface area contributed by atoms with Gasteiger partial charge in [0, 0.05) is 25.9 Å².